The normalized spacial score (nSPS) is 6.43. The van der Waals surface area contributed by atoms with Crippen molar-refractivity contribution in [2.24, 2.45) is 0 Å². The van der Waals surface area contributed by atoms with Gasteiger partial charge in [-0.2, -0.15) is 10.5 Å². The summed E-state index contributed by atoms with van der Waals surface area (Å²) in [5.74, 6) is 0. The minimum absolute atomic E-state index is 1.33. The molecule has 0 fully saturated rings. The lowest BCUT2D eigenvalue weighted by Gasteiger charge is -1.90. The summed E-state index contributed by atoms with van der Waals surface area (Å²) in [6.07, 6.45) is 0. The second kappa shape index (κ2) is 11.9. The Bertz CT molecular complexity index is 273. The molecule has 0 amide bonds. The molecule has 4 heteroatoms. The zero-order chi connectivity index (χ0) is 11.4. The van der Waals surface area contributed by atoms with E-state index in [4.69, 9.17) is 10.5 Å². The second-order valence-electron chi connectivity index (χ2n) is 2.35. The van der Waals surface area contributed by atoms with Gasteiger partial charge in [0.15, 0.2) is 0 Å². The van der Waals surface area contributed by atoms with Crippen LogP contribution in [0.4, 0.5) is 0 Å². The Morgan fingerprint density at radius 3 is 1.14 bits per heavy atom. The van der Waals surface area contributed by atoms with Crippen molar-refractivity contribution in [3.8, 4) is 10.8 Å². The molecular formula is C10H12N2S2. The van der Waals surface area contributed by atoms with Crippen LogP contribution in [0.3, 0.4) is 0 Å². The van der Waals surface area contributed by atoms with Crippen molar-refractivity contribution in [2.75, 3.05) is 0 Å². The average molecular weight is 224 g/mol. The molecule has 0 heterocycles. The fraction of sp³-hybridized carbons (Fsp3) is 0.200. The molecule has 0 N–H and O–H groups in total. The van der Waals surface area contributed by atoms with E-state index in [1.807, 2.05) is 0 Å². The molecule has 0 unspecified atom stereocenters. The molecule has 0 aliphatic heterocycles. The van der Waals surface area contributed by atoms with Crippen molar-refractivity contribution in [3.63, 3.8) is 0 Å². The maximum atomic E-state index is 7.18. The van der Waals surface area contributed by atoms with Gasteiger partial charge in [-0.05, 0) is 13.8 Å². The molecule has 0 aliphatic carbocycles. The lowest BCUT2D eigenvalue weighted by molar-refractivity contribution is 1.40. The van der Waals surface area contributed by atoms with Crippen molar-refractivity contribution >= 4 is 25.3 Å². The topological polar surface area (TPSA) is 47.6 Å². The molecule has 0 saturated heterocycles. The smallest absolute Gasteiger partial charge is 0.130 e. The molecule has 1 aromatic rings. The van der Waals surface area contributed by atoms with E-state index in [1.54, 1.807) is 0 Å². The van der Waals surface area contributed by atoms with Gasteiger partial charge in [-0.15, -0.1) is 0 Å². The van der Waals surface area contributed by atoms with Crippen molar-refractivity contribution in [1.29, 1.82) is 10.5 Å². The maximum absolute atomic E-state index is 7.18. The first-order valence-electron chi connectivity index (χ1n) is 3.72. The average Bonchev–Trinajstić information content (AvgIpc) is 2.13. The summed E-state index contributed by atoms with van der Waals surface area (Å²) in [6.45, 7) is 4.19. The highest BCUT2D eigenvalue weighted by Crippen LogP contribution is 1.99. The first kappa shape index (κ1) is 15.4. The monoisotopic (exact) mass is 224 g/mol. The Hall–Kier alpha value is -1.10. The van der Waals surface area contributed by atoms with Gasteiger partial charge in [0.1, 0.15) is 10.8 Å². The lowest BCUT2D eigenvalue weighted by atomic mass is 10.2. The first-order chi connectivity index (χ1) is 6.62. The fourth-order valence-corrected chi connectivity index (χ4v) is 0.637. The highest BCUT2D eigenvalue weighted by molar-refractivity contribution is 7.85. The minimum Gasteiger partial charge on any atom is -0.185 e. The number of aryl methyl sites for hydroxylation is 2. The number of thiol groups is 2. The molecule has 2 nitrogen and oxygen atoms in total. The van der Waals surface area contributed by atoms with Crippen LogP contribution < -0.4 is 0 Å². The Morgan fingerprint density at radius 1 is 0.857 bits per heavy atom. The Labute approximate surface area is 96.0 Å². The fourth-order valence-electron chi connectivity index (χ4n) is 0.637. The SMILES string of the molecule is Cc1ccc(C)cc1.N#CS.N#CS. The number of rotatable bonds is 0. The van der Waals surface area contributed by atoms with E-state index in [-0.39, 0.29) is 0 Å². The molecule has 0 spiro atoms. The number of thiocyanates is 2. The van der Waals surface area contributed by atoms with E-state index in [1.165, 1.54) is 21.9 Å². The lowest BCUT2D eigenvalue weighted by Crippen LogP contribution is -1.70. The highest BCUT2D eigenvalue weighted by atomic mass is 32.1. The van der Waals surface area contributed by atoms with E-state index < -0.39 is 0 Å². The summed E-state index contributed by atoms with van der Waals surface area (Å²) < 4.78 is 0. The molecule has 0 saturated carbocycles. The highest BCUT2D eigenvalue weighted by Gasteiger charge is 1.79. The maximum Gasteiger partial charge on any atom is 0.130 e. The number of hydrogen-bond acceptors (Lipinski definition) is 4. The minimum atomic E-state index is 1.33. The van der Waals surface area contributed by atoms with E-state index >= 15 is 0 Å². The number of hydrogen-bond donors (Lipinski definition) is 2. The van der Waals surface area contributed by atoms with Gasteiger partial charge in [0.05, 0.1) is 0 Å². The standard InChI is InChI=1S/C8H10.2CHNS/c1-7-3-5-8(2)6-4-7;2*2-1-3/h3-6H,1-2H3;2*3H. The Kier molecular flexibility index (Phi) is 13.1. The third-order valence-corrected chi connectivity index (χ3v) is 1.22. The quantitative estimate of drug-likeness (QED) is 0.525. The third-order valence-electron chi connectivity index (χ3n) is 1.22. The van der Waals surface area contributed by atoms with Gasteiger partial charge in [0.25, 0.3) is 0 Å². The summed E-state index contributed by atoms with van der Waals surface area (Å²) in [4.78, 5) is 0. The van der Waals surface area contributed by atoms with E-state index in [9.17, 15) is 0 Å². The molecule has 0 atom stereocenters. The van der Waals surface area contributed by atoms with Crippen LogP contribution in [0.1, 0.15) is 11.1 Å². The number of nitrogens with zero attached hydrogens (tertiary/aromatic N) is 2. The predicted octanol–water partition coefficient (Wildman–Crippen LogP) is 3.10. The molecule has 0 bridgehead atoms. The van der Waals surface area contributed by atoms with E-state index in [0.29, 0.717) is 0 Å². The predicted molar refractivity (Wildman–Crippen MR) is 65.1 cm³/mol. The van der Waals surface area contributed by atoms with Crippen LogP contribution in [0.5, 0.6) is 0 Å². The van der Waals surface area contributed by atoms with Gasteiger partial charge in [-0.1, -0.05) is 60.6 Å². The summed E-state index contributed by atoms with van der Waals surface area (Å²) in [5, 5.41) is 17.3. The summed E-state index contributed by atoms with van der Waals surface area (Å²) >= 11 is 6.19. The van der Waals surface area contributed by atoms with Crippen LogP contribution >= 0.6 is 25.3 Å². The summed E-state index contributed by atoms with van der Waals surface area (Å²) in [7, 11) is 0. The molecule has 14 heavy (non-hydrogen) atoms. The van der Waals surface area contributed by atoms with Gasteiger partial charge >= 0.3 is 0 Å². The molecule has 1 aromatic carbocycles. The zero-order valence-electron chi connectivity index (χ0n) is 8.10. The van der Waals surface area contributed by atoms with Crippen LogP contribution in [0.25, 0.3) is 0 Å². The van der Waals surface area contributed by atoms with Crippen molar-refractivity contribution < 1.29 is 0 Å². The Balaban J connectivity index is 0. The molecule has 0 radical (unpaired) electrons. The molecule has 1 rings (SSSR count). The van der Waals surface area contributed by atoms with Crippen molar-refractivity contribution in [1.82, 2.24) is 0 Å². The van der Waals surface area contributed by atoms with Crippen LogP contribution in [0, 0.1) is 35.2 Å². The van der Waals surface area contributed by atoms with Crippen molar-refractivity contribution in [2.45, 2.75) is 13.8 Å². The van der Waals surface area contributed by atoms with Crippen LogP contribution in [-0.2, 0) is 0 Å². The van der Waals surface area contributed by atoms with Gasteiger partial charge in [0.2, 0.25) is 0 Å². The largest absolute Gasteiger partial charge is 0.185 e. The second-order valence-corrected chi connectivity index (χ2v) is 2.75. The van der Waals surface area contributed by atoms with E-state index in [0.717, 1.165) is 0 Å². The van der Waals surface area contributed by atoms with Crippen LogP contribution in [0.15, 0.2) is 24.3 Å². The van der Waals surface area contributed by atoms with Gasteiger partial charge in [-0.25, -0.2) is 0 Å². The summed E-state index contributed by atoms with van der Waals surface area (Å²) in [5.41, 5.74) is 2.66. The molecule has 0 aromatic heterocycles. The first-order valence-corrected chi connectivity index (χ1v) is 4.61. The van der Waals surface area contributed by atoms with Crippen LogP contribution in [-0.4, -0.2) is 0 Å². The summed E-state index contributed by atoms with van der Waals surface area (Å²) in [6, 6.07) is 8.48. The number of nitriles is 2. The third kappa shape index (κ3) is 13.5. The van der Waals surface area contributed by atoms with Gasteiger partial charge in [0, 0.05) is 0 Å². The molecule has 74 valence electrons. The zero-order valence-corrected chi connectivity index (χ0v) is 9.89. The van der Waals surface area contributed by atoms with Crippen LogP contribution in [0.2, 0.25) is 0 Å². The molecule has 0 aliphatic rings. The Morgan fingerprint density at radius 2 is 1.00 bits per heavy atom. The number of benzene rings is 1. The van der Waals surface area contributed by atoms with Crippen molar-refractivity contribution in [3.05, 3.63) is 35.4 Å². The van der Waals surface area contributed by atoms with E-state index in [2.05, 4.69) is 63.4 Å². The molecular weight excluding hydrogens is 212 g/mol. The van der Waals surface area contributed by atoms with Gasteiger partial charge < -0.3 is 0 Å². The van der Waals surface area contributed by atoms with Gasteiger partial charge in [-0.3, -0.25) is 0 Å².